The van der Waals surface area contributed by atoms with Crippen LogP contribution in [0.1, 0.15) is 11.5 Å². The van der Waals surface area contributed by atoms with Gasteiger partial charge in [-0.3, -0.25) is 4.57 Å². The number of thioether (sulfide) groups is 1. The van der Waals surface area contributed by atoms with E-state index in [1.807, 2.05) is 6.07 Å². The zero-order valence-electron chi connectivity index (χ0n) is 12.5. The summed E-state index contributed by atoms with van der Waals surface area (Å²) >= 11 is 1.72. The first-order chi connectivity index (χ1) is 10.8. The Morgan fingerprint density at radius 2 is 1.95 bits per heavy atom. The van der Waals surface area contributed by atoms with Gasteiger partial charge in [0.05, 0.1) is 17.1 Å². The molecule has 3 nitrogen and oxygen atoms in total. The standard InChI is InChI=1S/C18H16N2OS/c1-12-18(13-6-4-3-5-7-13)20-15-9-8-14(22-2)10-16(15)21-11-17(20)19-12/h3-10H,11H2,1-2H3. The Labute approximate surface area is 134 Å². The SMILES string of the molecule is CSc1ccc2c(c1)OCc1nc(C)c(-c3ccccc3)n1-2. The highest BCUT2D eigenvalue weighted by Gasteiger charge is 2.24. The summed E-state index contributed by atoms with van der Waals surface area (Å²) in [7, 11) is 0. The van der Waals surface area contributed by atoms with Crippen LogP contribution in [0.5, 0.6) is 5.75 Å². The molecule has 0 bridgehead atoms. The third-order valence-electron chi connectivity index (χ3n) is 3.93. The zero-order valence-corrected chi connectivity index (χ0v) is 13.4. The Bertz CT molecular complexity index is 840. The summed E-state index contributed by atoms with van der Waals surface area (Å²) in [6.07, 6.45) is 2.08. The molecule has 0 spiro atoms. The lowest BCUT2D eigenvalue weighted by Crippen LogP contribution is -2.13. The average Bonchev–Trinajstić information content (AvgIpc) is 2.91. The van der Waals surface area contributed by atoms with Gasteiger partial charge in [-0.25, -0.2) is 4.98 Å². The Morgan fingerprint density at radius 3 is 2.73 bits per heavy atom. The lowest BCUT2D eigenvalue weighted by Gasteiger charge is -2.22. The van der Waals surface area contributed by atoms with E-state index >= 15 is 0 Å². The van der Waals surface area contributed by atoms with E-state index in [9.17, 15) is 0 Å². The molecule has 0 atom stereocenters. The van der Waals surface area contributed by atoms with Gasteiger partial charge in [-0.05, 0) is 31.4 Å². The molecule has 22 heavy (non-hydrogen) atoms. The fourth-order valence-corrected chi connectivity index (χ4v) is 3.37. The molecule has 0 radical (unpaired) electrons. The zero-order chi connectivity index (χ0) is 15.1. The number of nitrogens with zero attached hydrogens (tertiary/aromatic N) is 2. The molecule has 3 aromatic rings. The molecule has 4 heteroatoms. The van der Waals surface area contributed by atoms with Crippen molar-refractivity contribution in [2.24, 2.45) is 0 Å². The van der Waals surface area contributed by atoms with Crippen LogP contribution < -0.4 is 4.74 Å². The lowest BCUT2D eigenvalue weighted by atomic mass is 10.1. The fraction of sp³-hybridized carbons (Fsp3) is 0.167. The molecule has 0 fully saturated rings. The van der Waals surface area contributed by atoms with E-state index in [-0.39, 0.29) is 0 Å². The maximum Gasteiger partial charge on any atom is 0.152 e. The Morgan fingerprint density at radius 1 is 1.14 bits per heavy atom. The number of aryl methyl sites for hydroxylation is 1. The van der Waals surface area contributed by atoms with Crippen molar-refractivity contribution in [1.82, 2.24) is 9.55 Å². The molecule has 4 rings (SSSR count). The second kappa shape index (κ2) is 5.21. The van der Waals surface area contributed by atoms with Crippen LogP contribution in [0.4, 0.5) is 0 Å². The molecule has 2 aromatic carbocycles. The number of benzene rings is 2. The van der Waals surface area contributed by atoms with Crippen LogP contribution in [-0.2, 0) is 6.61 Å². The monoisotopic (exact) mass is 308 g/mol. The van der Waals surface area contributed by atoms with Crippen molar-refractivity contribution in [1.29, 1.82) is 0 Å². The number of ether oxygens (including phenoxy) is 1. The van der Waals surface area contributed by atoms with Crippen LogP contribution in [0.2, 0.25) is 0 Å². The van der Waals surface area contributed by atoms with Gasteiger partial charge in [0.25, 0.3) is 0 Å². The topological polar surface area (TPSA) is 27.1 Å². The maximum atomic E-state index is 5.90. The molecule has 110 valence electrons. The lowest BCUT2D eigenvalue weighted by molar-refractivity contribution is 0.279. The fourth-order valence-electron chi connectivity index (χ4n) is 2.94. The van der Waals surface area contributed by atoms with E-state index in [0.717, 1.165) is 28.6 Å². The van der Waals surface area contributed by atoms with E-state index in [1.54, 1.807) is 11.8 Å². The molecule has 1 aliphatic heterocycles. The van der Waals surface area contributed by atoms with Crippen LogP contribution in [0.3, 0.4) is 0 Å². The number of fused-ring (bicyclic) bond motifs is 3. The van der Waals surface area contributed by atoms with Gasteiger partial charge in [-0.2, -0.15) is 0 Å². The molecule has 0 aliphatic carbocycles. The van der Waals surface area contributed by atoms with Gasteiger partial charge < -0.3 is 4.74 Å². The normalized spacial score (nSPS) is 12.5. The van der Waals surface area contributed by atoms with Gasteiger partial charge in [0.15, 0.2) is 5.82 Å². The summed E-state index contributed by atoms with van der Waals surface area (Å²) < 4.78 is 8.13. The van der Waals surface area contributed by atoms with E-state index < -0.39 is 0 Å². The minimum absolute atomic E-state index is 0.512. The minimum atomic E-state index is 0.512. The van der Waals surface area contributed by atoms with E-state index in [4.69, 9.17) is 9.72 Å². The van der Waals surface area contributed by atoms with Gasteiger partial charge in [-0.1, -0.05) is 30.3 Å². The van der Waals surface area contributed by atoms with Crippen molar-refractivity contribution >= 4 is 11.8 Å². The van der Waals surface area contributed by atoms with E-state index in [2.05, 4.69) is 60.2 Å². The quantitative estimate of drug-likeness (QED) is 0.654. The number of hydrogen-bond donors (Lipinski definition) is 0. The third-order valence-corrected chi connectivity index (χ3v) is 4.66. The number of rotatable bonds is 2. The first kappa shape index (κ1) is 13.5. The van der Waals surface area contributed by atoms with Gasteiger partial charge >= 0.3 is 0 Å². The molecule has 2 heterocycles. The maximum absolute atomic E-state index is 5.90. The summed E-state index contributed by atoms with van der Waals surface area (Å²) in [5.41, 5.74) is 4.43. The summed E-state index contributed by atoms with van der Waals surface area (Å²) in [5, 5.41) is 0. The van der Waals surface area contributed by atoms with E-state index in [0.29, 0.717) is 6.61 Å². The highest BCUT2D eigenvalue weighted by atomic mass is 32.2. The van der Waals surface area contributed by atoms with Crippen molar-refractivity contribution in [3.63, 3.8) is 0 Å². The molecule has 0 saturated heterocycles. The molecule has 0 N–H and O–H groups in total. The predicted octanol–water partition coefficient (Wildman–Crippen LogP) is 4.46. The van der Waals surface area contributed by atoms with Crippen LogP contribution in [0.15, 0.2) is 53.4 Å². The highest BCUT2D eigenvalue weighted by Crippen LogP contribution is 2.37. The first-order valence-corrected chi connectivity index (χ1v) is 8.45. The molecular weight excluding hydrogens is 292 g/mol. The van der Waals surface area contributed by atoms with E-state index in [1.165, 1.54) is 10.5 Å². The molecule has 0 amide bonds. The smallest absolute Gasteiger partial charge is 0.152 e. The number of aromatic nitrogens is 2. The first-order valence-electron chi connectivity index (χ1n) is 7.23. The van der Waals surface area contributed by atoms with Gasteiger partial charge in [0, 0.05) is 10.5 Å². The largest absolute Gasteiger partial charge is 0.483 e. The Kier molecular flexibility index (Phi) is 3.19. The molecule has 0 saturated carbocycles. The van der Waals surface area contributed by atoms with Crippen LogP contribution >= 0.6 is 11.8 Å². The third kappa shape index (κ3) is 2.03. The second-order valence-electron chi connectivity index (χ2n) is 5.29. The highest BCUT2D eigenvalue weighted by molar-refractivity contribution is 7.98. The van der Waals surface area contributed by atoms with Crippen molar-refractivity contribution in [2.75, 3.05) is 6.26 Å². The van der Waals surface area contributed by atoms with Crippen LogP contribution in [-0.4, -0.2) is 15.8 Å². The van der Waals surface area contributed by atoms with Gasteiger partial charge in [-0.15, -0.1) is 11.8 Å². The number of imidazole rings is 1. The van der Waals surface area contributed by atoms with Crippen LogP contribution in [0.25, 0.3) is 16.9 Å². The second-order valence-corrected chi connectivity index (χ2v) is 6.17. The predicted molar refractivity (Wildman–Crippen MR) is 89.9 cm³/mol. The van der Waals surface area contributed by atoms with Gasteiger partial charge in [0.1, 0.15) is 12.4 Å². The van der Waals surface area contributed by atoms with Crippen LogP contribution in [0, 0.1) is 6.92 Å². The van der Waals surface area contributed by atoms with Crippen molar-refractivity contribution in [3.8, 4) is 22.7 Å². The summed E-state index contributed by atoms with van der Waals surface area (Å²) in [5.74, 6) is 1.88. The van der Waals surface area contributed by atoms with Crippen molar-refractivity contribution in [2.45, 2.75) is 18.4 Å². The Balaban J connectivity index is 1.96. The van der Waals surface area contributed by atoms with Gasteiger partial charge in [0.2, 0.25) is 0 Å². The average molecular weight is 308 g/mol. The molecular formula is C18H16N2OS. The summed E-state index contributed by atoms with van der Waals surface area (Å²) in [6, 6.07) is 16.8. The minimum Gasteiger partial charge on any atom is -0.483 e. The summed E-state index contributed by atoms with van der Waals surface area (Å²) in [6.45, 7) is 2.57. The summed E-state index contributed by atoms with van der Waals surface area (Å²) in [4.78, 5) is 5.91. The molecule has 1 aromatic heterocycles. The number of hydrogen-bond acceptors (Lipinski definition) is 3. The van der Waals surface area contributed by atoms with Crippen molar-refractivity contribution < 1.29 is 4.74 Å². The van der Waals surface area contributed by atoms with Crippen molar-refractivity contribution in [3.05, 3.63) is 60.0 Å². The Hall–Kier alpha value is -2.20. The molecule has 1 aliphatic rings. The molecule has 0 unspecified atom stereocenters.